The molecular weight excluding hydrogens is 624 g/mol. The molecule has 0 saturated heterocycles. The lowest BCUT2D eigenvalue weighted by atomic mass is 10.1. The summed E-state index contributed by atoms with van der Waals surface area (Å²) in [6.45, 7) is 0.0646. The molecule has 0 saturated carbocycles. The first-order valence-corrected chi connectivity index (χ1v) is 16.2. The van der Waals surface area contributed by atoms with Gasteiger partial charge < -0.3 is 25.0 Å². The van der Waals surface area contributed by atoms with Crippen molar-refractivity contribution >= 4 is 35.0 Å². The SMILES string of the molecule is O=C(CCCCCCC(=O)N(CC(=O)Nc1cccc(OCc2ccccc2)c1)CC(=O)Nc1cccc(OCc2ccccc2)c1)NO. The van der Waals surface area contributed by atoms with Gasteiger partial charge in [-0.05, 0) is 48.2 Å². The number of ether oxygens (including phenoxy) is 2. The molecule has 11 nitrogen and oxygen atoms in total. The van der Waals surface area contributed by atoms with E-state index in [9.17, 15) is 19.2 Å². The Hall–Kier alpha value is -5.68. The highest BCUT2D eigenvalue weighted by molar-refractivity contribution is 5.98. The average molecular weight is 667 g/mol. The van der Waals surface area contributed by atoms with Gasteiger partial charge in [-0.25, -0.2) is 5.48 Å². The van der Waals surface area contributed by atoms with E-state index in [4.69, 9.17) is 14.7 Å². The third-order valence-electron chi connectivity index (χ3n) is 7.42. The summed E-state index contributed by atoms with van der Waals surface area (Å²) in [5, 5.41) is 14.2. The van der Waals surface area contributed by atoms with E-state index in [0.29, 0.717) is 61.8 Å². The van der Waals surface area contributed by atoms with Crippen molar-refractivity contribution < 1.29 is 33.9 Å². The monoisotopic (exact) mass is 666 g/mol. The van der Waals surface area contributed by atoms with E-state index in [1.54, 1.807) is 54.0 Å². The molecule has 0 aliphatic rings. The predicted octanol–water partition coefficient (Wildman–Crippen LogP) is 6.10. The number of unbranched alkanes of at least 4 members (excludes halogenated alkanes) is 3. The van der Waals surface area contributed by atoms with Crippen LogP contribution in [0.2, 0.25) is 0 Å². The fraction of sp³-hybridized carbons (Fsp3) is 0.263. The summed E-state index contributed by atoms with van der Waals surface area (Å²) in [5.74, 6) is -0.597. The molecule has 0 fully saturated rings. The fourth-order valence-corrected chi connectivity index (χ4v) is 4.92. The Morgan fingerprint density at radius 2 is 1.02 bits per heavy atom. The Bertz CT molecular complexity index is 1550. The van der Waals surface area contributed by atoms with Crippen LogP contribution in [0.1, 0.15) is 49.7 Å². The second-order valence-corrected chi connectivity index (χ2v) is 11.4. The third kappa shape index (κ3) is 13.5. The van der Waals surface area contributed by atoms with Gasteiger partial charge in [-0.3, -0.25) is 24.4 Å². The lowest BCUT2D eigenvalue weighted by molar-refractivity contribution is -0.137. The van der Waals surface area contributed by atoms with Crippen LogP contribution in [0.4, 0.5) is 11.4 Å². The van der Waals surface area contributed by atoms with Gasteiger partial charge in [0.25, 0.3) is 0 Å². The molecule has 11 heteroatoms. The van der Waals surface area contributed by atoms with Gasteiger partial charge in [0.15, 0.2) is 0 Å². The van der Waals surface area contributed by atoms with Crippen LogP contribution in [0.25, 0.3) is 0 Å². The maximum atomic E-state index is 13.3. The molecule has 0 aromatic heterocycles. The molecule has 0 radical (unpaired) electrons. The molecule has 4 rings (SSSR count). The molecule has 0 spiro atoms. The summed E-state index contributed by atoms with van der Waals surface area (Å²) in [7, 11) is 0. The standard InChI is InChI=1S/C38H42N4O7/c43-35(41-47)21-9-1-2-10-22-38(46)42(25-36(44)39-31-17-11-19-33(23-31)48-27-29-13-5-3-6-14-29)26-37(45)40-32-18-12-20-34(24-32)49-28-30-15-7-4-8-16-30/h3-8,11-20,23-24,47H,1-2,9-10,21-22,25-28H2,(H,39,44)(H,40,45)(H,41,43). The normalized spacial score (nSPS) is 10.5. The summed E-state index contributed by atoms with van der Waals surface area (Å²) < 4.78 is 11.7. The van der Waals surface area contributed by atoms with E-state index < -0.39 is 17.7 Å². The smallest absolute Gasteiger partial charge is 0.244 e. The van der Waals surface area contributed by atoms with Crippen LogP contribution in [0.5, 0.6) is 11.5 Å². The van der Waals surface area contributed by atoms with Gasteiger partial charge in [0.05, 0.1) is 0 Å². The van der Waals surface area contributed by atoms with Crippen molar-refractivity contribution in [3.05, 3.63) is 120 Å². The highest BCUT2D eigenvalue weighted by Crippen LogP contribution is 2.20. The molecule has 4 aromatic rings. The minimum atomic E-state index is -0.465. The zero-order valence-electron chi connectivity index (χ0n) is 27.3. The van der Waals surface area contributed by atoms with Gasteiger partial charge in [0.2, 0.25) is 23.6 Å². The molecule has 4 N–H and O–H groups in total. The molecule has 0 aliphatic carbocycles. The molecule has 256 valence electrons. The number of carbonyl (C=O) groups excluding carboxylic acids is 4. The van der Waals surface area contributed by atoms with Crippen LogP contribution in [-0.2, 0) is 32.4 Å². The molecule has 49 heavy (non-hydrogen) atoms. The fourth-order valence-electron chi connectivity index (χ4n) is 4.92. The molecule has 0 heterocycles. The number of nitrogens with zero attached hydrogens (tertiary/aromatic N) is 1. The van der Waals surface area contributed by atoms with Gasteiger partial charge in [0, 0.05) is 36.3 Å². The van der Waals surface area contributed by atoms with E-state index in [1.807, 2.05) is 60.7 Å². The van der Waals surface area contributed by atoms with Gasteiger partial charge in [0.1, 0.15) is 37.8 Å². The number of anilines is 2. The van der Waals surface area contributed by atoms with Crippen molar-refractivity contribution in [2.45, 2.75) is 51.7 Å². The third-order valence-corrected chi connectivity index (χ3v) is 7.42. The second-order valence-electron chi connectivity index (χ2n) is 11.4. The Labute approximate surface area is 286 Å². The van der Waals surface area contributed by atoms with Crippen molar-refractivity contribution in [3.63, 3.8) is 0 Å². The number of carbonyl (C=O) groups is 4. The van der Waals surface area contributed by atoms with E-state index in [1.165, 1.54) is 4.90 Å². The zero-order valence-corrected chi connectivity index (χ0v) is 27.3. The number of rotatable bonds is 19. The van der Waals surface area contributed by atoms with E-state index >= 15 is 0 Å². The highest BCUT2D eigenvalue weighted by atomic mass is 16.5. The van der Waals surface area contributed by atoms with Crippen molar-refractivity contribution in [1.82, 2.24) is 10.4 Å². The van der Waals surface area contributed by atoms with Crippen LogP contribution in [0.15, 0.2) is 109 Å². The Balaban J connectivity index is 1.34. The minimum Gasteiger partial charge on any atom is -0.489 e. The molecular formula is C38H42N4O7. The summed E-state index contributed by atoms with van der Waals surface area (Å²) >= 11 is 0. The zero-order chi connectivity index (χ0) is 34.7. The molecule has 0 atom stereocenters. The van der Waals surface area contributed by atoms with Gasteiger partial charge in [-0.2, -0.15) is 0 Å². The van der Waals surface area contributed by atoms with Crippen molar-refractivity contribution in [2.24, 2.45) is 0 Å². The Kier molecular flexibility index (Phi) is 14.7. The first kappa shape index (κ1) is 36.2. The van der Waals surface area contributed by atoms with Crippen molar-refractivity contribution in [3.8, 4) is 11.5 Å². The molecule has 0 unspecified atom stereocenters. The second kappa shape index (κ2) is 19.9. The number of amides is 4. The highest BCUT2D eigenvalue weighted by Gasteiger charge is 2.21. The van der Waals surface area contributed by atoms with Gasteiger partial charge in [-0.1, -0.05) is 85.6 Å². The Morgan fingerprint density at radius 1 is 0.551 bits per heavy atom. The average Bonchev–Trinajstić information content (AvgIpc) is 3.12. The molecule has 4 amide bonds. The summed E-state index contributed by atoms with van der Waals surface area (Å²) in [5.41, 5.74) is 4.60. The number of benzene rings is 4. The summed E-state index contributed by atoms with van der Waals surface area (Å²) in [4.78, 5) is 52.0. The first-order chi connectivity index (χ1) is 23.9. The number of hydrogen-bond donors (Lipinski definition) is 4. The Morgan fingerprint density at radius 3 is 1.49 bits per heavy atom. The van der Waals surface area contributed by atoms with Gasteiger partial charge >= 0.3 is 0 Å². The number of hydroxylamine groups is 1. The predicted molar refractivity (Wildman–Crippen MR) is 186 cm³/mol. The van der Waals surface area contributed by atoms with Crippen molar-refractivity contribution in [2.75, 3.05) is 23.7 Å². The lowest BCUT2D eigenvalue weighted by Gasteiger charge is -2.22. The molecule has 0 aliphatic heterocycles. The number of hydrogen-bond acceptors (Lipinski definition) is 7. The van der Waals surface area contributed by atoms with Crippen LogP contribution < -0.4 is 25.6 Å². The molecule has 0 bridgehead atoms. The topological polar surface area (TPSA) is 146 Å². The van der Waals surface area contributed by atoms with Crippen LogP contribution >= 0.6 is 0 Å². The van der Waals surface area contributed by atoms with Crippen LogP contribution in [-0.4, -0.2) is 46.8 Å². The van der Waals surface area contributed by atoms with E-state index in [2.05, 4.69) is 10.6 Å². The van der Waals surface area contributed by atoms with Crippen molar-refractivity contribution in [1.29, 1.82) is 0 Å². The summed E-state index contributed by atoms with van der Waals surface area (Å²) in [6.07, 6.45) is 2.75. The minimum absolute atomic E-state index is 0.123. The maximum absolute atomic E-state index is 13.3. The largest absolute Gasteiger partial charge is 0.489 e. The lowest BCUT2D eigenvalue weighted by Crippen LogP contribution is -2.42. The van der Waals surface area contributed by atoms with E-state index in [0.717, 1.165) is 11.1 Å². The maximum Gasteiger partial charge on any atom is 0.244 e. The number of nitrogens with one attached hydrogen (secondary N) is 3. The van der Waals surface area contributed by atoms with E-state index in [-0.39, 0.29) is 31.8 Å². The molecule has 4 aromatic carbocycles. The van der Waals surface area contributed by atoms with Crippen LogP contribution in [0.3, 0.4) is 0 Å². The van der Waals surface area contributed by atoms with Crippen LogP contribution in [0, 0.1) is 0 Å². The quantitative estimate of drug-likeness (QED) is 0.0538. The first-order valence-electron chi connectivity index (χ1n) is 16.2. The summed E-state index contributed by atoms with van der Waals surface area (Å²) in [6, 6.07) is 33.3. The van der Waals surface area contributed by atoms with Gasteiger partial charge in [-0.15, -0.1) is 0 Å².